The first-order valence-corrected chi connectivity index (χ1v) is 11.1. The minimum Gasteiger partial charge on any atom is -0.494 e. The van der Waals surface area contributed by atoms with E-state index in [-0.39, 0.29) is 11.0 Å². The minimum atomic E-state index is -0.284. The predicted octanol–water partition coefficient (Wildman–Crippen LogP) is 5.56. The van der Waals surface area contributed by atoms with Crippen LogP contribution in [0.1, 0.15) is 39.9 Å². The lowest BCUT2D eigenvalue weighted by Gasteiger charge is -2.10. The van der Waals surface area contributed by atoms with Gasteiger partial charge in [-0.2, -0.15) is 0 Å². The van der Waals surface area contributed by atoms with E-state index < -0.39 is 0 Å². The Morgan fingerprint density at radius 1 is 1.06 bits per heavy atom. The van der Waals surface area contributed by atoms with Crippen molar-refractivity contribution in [3.8, 4) is 5.75 Å². The number of carbonyl (C=O) groups excluding carboxylic acids is 1. The Morgan fingerprint density at radius 3 is 2.48 bits per heavy atom. The number of benzene rings is 3. The summed E-state index contributed by atoms with van der Waals surface area (Å²) in [5, 5.41) is 5.96. The van der Waals surface area contributed by atoms with Gasteiger partial charge in [-0.25, -0.2) is 4.98 Å². The number of aryl methyl sites for hydroxylation is 2. The zero-order valence-corrected chi connectivity index (χ0v) is 19.6. The van der Waals surface area contributed by atoms with Crippen LogP contribution < -0.4 is 15.4 Å². The van der Waals surface area contributed by atoms with Gasteiger partial charge in [0, 0.05) is 17.7 Å². The fraction of sp³-hybridized carbons (Fsp3) is 0.192. The fourth-order valence-corrected chi connectivity index (χ4v) is 3.80. The van der Waals surface area contributed by atoms with E-state index in [4.69, 9.17) is 21.4 Å². The Balaban J connectivity index is 1.34. The molecule has 4 rings (SSSR count). The molecular weight excluding hydrogens is 434 g/mol. The first-order valence-electron chi connectivity index (χ1n) is 10.7. The maximum absolute atomic E-state index is 12.4. The Kier molecular flexibility index (Phi) is 6.70. The third kappa shape index (κ3) is 5.56. The third-order valence-electron chi connectivity index (χ3n) is 5.09. The molecule has 0 unspecified atom stereocenters. The van der Waals surface area contributed by atoms with Gasteiger partial charge in [0.2, 0.25) is 0 Å². The number of hydrogen-bond acceptors (Lipinski definition) is 5. The standard InChI is InChI=1S/C26H25N3O3S/c1-4-31-21-11-7-19(8-12-21)25(30)29-26(33)27-20-9-5-18(6-10-20)15-23-28-22-14-16(2)13-17(3)24(22)32-23/h5-14H,4,15H2,1-3H3,(H2,27,29,30,33). The molecule has 1 amide bonds. The molecule has 0 saturated carbocycles. The van der Waals surface area contributed by atoms with Crippen LogP contribution >= 0.6 is 12.2 Å². The van der Waals surface area contributed by atoms with Crippen LogP contribution in [-0.4, -0.2) is 22.6 Å². The molecule has 1 aromatic heterocycles. The molecule has 0 radical (unpaired) electrons. The van der Waals surface area contributed by atoms with Gasteiger partial charge >= 0.3 is 0 Å². The summed E-state index contributed by atoms with van der Waals surface area (Å²) in [5.74, 6) is 1.11. The molecule has 3 aromatic carbocycles. The molecule has 0 atom stereocenters. The zero-order chi connectivity index (χ0) is 23.4. The number of fused-ring (bicyclic) bond motifs is 1. The molecule has 0 spiro atoms. The number of thiocarbonyl (C=S) groups is 1. The van der Waals surface area contributed by atoms with Crippen molar-refractivity contribution in [2.45, 2.75) is 27.2 Å². The van der Waals surface area contributed by atoms with Gasteiger partial charge in [0.25, 0.3) is 5.91 Å². The summed E-state index contributed by atoms with van der Waals surface area (Å²) in [6.45, 7) is 6.57. The van der Waals surface area contributed by atoms with Crippen LogP contribution in [0.3, 0.4) is 0 Å². The quantitative estimate of drug-likeness (QED) is 0.368. The Morgan fingerprint density at radius 2 is 1.79 bits per heavy atom. The van der Waals surface area contributed by atoms with Gasteiger partial charge in [0.1, 0.15) is 11.3 Å². The van der Waals surface area contributed by atoms with Gasteiger partial charge in [-0.3, -0.25) is 10.1 Å². The number of ether oxygens (including phenoxy) is 1. The van der Waals surface area contributed by atoms with Gasteiger partial charge < -0.3 is 14.5 Å². The topological polar surface area (TPSA) is 76.4 Å². The minimum absolute atomic E-state index is 0.228. The van der Waals surface area contributed by atoms with Crippen LogP contribution in [0.5, 0.6) is 5.75 Å². The zero-order valence-electron chi connectivity index (χ0n) is 18.8. The number of rotatable bonds is 6. The number of carbonyl (C=O) groups is 1. The number of nitrogens with zero attached hydrogens (tertiary/aromatic N) is 1. The summed E-state index contributed by atoms with van der Waals surface area (Å²) in [6.07, 6.45) is 0.590. The highest BCUT2D eigenvalue weighted by Gasteiger charge is 2.11. The van der Waals surface area contributed by atoms with Gasteiger partial charge in [-0.1, -0.05) is 18.2 Å². The lowest BCUT2D eigenvalue weighted by Crippen LogP contribution is -2.34. The monoisotopic (exact) mass is 459 g/mol. The van der Waals surface area contributed by atoms with Crippen LogP contribution in [0.2, 0.25) is 0 Å². The van der Waals surface area contributed by atoms with E-state index in [1.807, 2.05) is 44.2 Å². The maximum atomic E-state index is 12.4. The first-order chi connectivity index (χ1) is 15.9. The molecule has 0 saturated heterocycles. The number of amides is 1. The van der Waals surface area contributed by atoms with Crippen molar-refractivity contribution in [3.63, 3.8) is 0 Å². The molecule has 7 heteroatoms. The van der Waals surface area contributed by atoms with Crippen molar-refractivity contribution in [1.82, 2.24) is 10.3 Å². The van der Waals surface area contributed by atoms with Crippen LogP contribution in [0.25, 0.3) is 11.1 Å². The van der Waals surface area contributed by atoms with Crippen molar-refractivity contribution in [2.24, 2.45) is 0 Å². The molecule has 1 heterocycles. The van der Waals surface area contributed by atoms with E-state index in [2.05, 4.69) is 28.6 Å². The van der Waals surface area contributed by atoms with E-state index in [1.165, 1.54) is 5.56 Å². The molecule has 0 aliphatic rings. The molecule has 0 fully saturated rings. The first kappa shape index (κ1) is 22.5. The van der Waals surface area contributed by atoms with Gasteiger partial charge in [-0.05, 0) is 92.1 Å². The molecule has 6 nitrogen and oxygen atoms in total. The summed E-state index contributed by atoms with van der Waals surface area (Å²) in [5.41, 5.74) is 6.31. The Bertz CT molecular complexity index is 1300. The number of nitrogens with one attached hydrogen (secondary N) is 2. The van der Waals surface area contributed by atoms with E-state index in [1.54, 1.807) is 24.3 Å². The summed E-state index contributed by atoms with van der Waals surface area (Å²) in [4.78, 5) is 17.0. The van der Waals surface area contributed by atoms with Crippen molar-refractivity contribution in [2.75, 3.05) is 11.9 Å². The second-order valence-corrected chi connectivity index (χ2v) is 8.19. The maximum Gasteiger partial charge on any atom is 0.257 e. The average Bonchev–Trinajstić information content (AvgIpc) is 3.18. The lowest BCUT2D eigenvalue weighted by atomic mass is 10.1. The van der Waals surface area contributed by atoms with E-state index >= 15 is 0 Å². The molecule has 0 aliphatic heterocycles. The van der Waals surface area contributed by atoms with Gasteiger partial charge in [0.15, 0.2) is 16.6 Å². The summed E-state index contributed by atoms with van der Waals surface area (Å²) in [7, 11) is 0. The highest BCUT2D eigenvalue weighted by Crippen LogP contribution is 2.23. The summed E-state index contributed by atoms with van der Waals surface area (Å²) in [6, 6.07) is 18.8. The number of aromatic nitrogens is 1. The van der Waals surface area contributed by atoms with Crippen LogP contribution in [0.15, 0.2) is 65.1 Å². The third-order valence-corrected chi connectivity index (χ3v) is 5.29. The second kappa shape index (κ2) is 9.83. The van der Waals surface area contributed by atoms with Crippen molar-refractivity contribution in [1.29, 1.82) is 0 Å². The van der Waals surface area contributed by atoms with Gasteiger partial charge in [0.05, 0.1) is 6.61 Å². The van der Waals surface area contributed by atoms with Crippen molar-refractivity contribution in [3.05, 3.63) is 88.8 Å². The number of anilines is 1. The summed E-state index contributed by atoms with van der Waals surface area (Å²) >= 11 is 5.28. The number of oxazole rings is 1. The van der Waals surface area contributed by atoms with Crippen LogP contribution in [0.4, 0.5) is 5.69 Å². The molecular formula is C26H25N3O3S. The molecule has 2 N–H and O–H groups in total. The molecule has 0 bridgehead atoms. The fourth-order valence-electron chi connectivity index (χ4n) is 3.59. The van der Waals surface area contributed by atoms with Gasteiger partial charge in [-0.15, -0.1) is 0 Å². The molecule has 4 aromatic rings. The second-order valence-electron chi connectivity index (χ2n) is 7.78. The van der Waals surface area contributed by atoms with E-state index in [9.17, 15) is 4.79 Å². The van der Waals surface area contributed by atoms with Crippen molar-refractivity contribution < 1.29 is 13.9 Å². The molecule has 0 aliphatic carbocycles. The summed E-state index contributed by atoms with van der Waals surface area (Å²) < 4.78 is 11.3. The van der Waals surface area contributed by atoms with Crippen molar-refractivity contribution >= 4 is 40.0 Å². The van der Waals surface area contributed by atoms with Crippen LogP contribution in [0, 0.1) is 13.8 Å². The Labute approximate surface area is 198 Å². The van der Waals surface area contributed by atoms with E-state index in [0.717, 1.165) is 33.7 Å². The predicted molar refractivity (Wildman–Crippen MR) is 134 cm³/mol. The normalized spacial score (nSPS) is 10.8. The lowest BCUT2D eigenvalue weighted by molar-refractivity contribution is 0.0977. The van der Waals surface area contributed by atoms with E-state index in [0.29, 0.717) is 24.5 Å². The highest BCUT2D eigenvalue weighted by atomic mass is 32.1. The van der Waals surface area contributed by atoms with Crippen LogP contribution in [-0.2, 0) is 6.42 Å². The number of hydrogen-bond donors (Lipinski definition) is 2. The smallest absolute Gasteiger partial charge is 0.257 e. The highest BCUT2D eigenvalue weighted by molar-refractivity contribution is 7.80. The SMILES string of the molecule is CCOc1ccc(C(=O)NC(=S)Nc2ccc(Cc3nc4cc(C)cc(C)c4o3)cc2)cc1. The largest absolute Gasteiger partial charge is 0.494 e. The average molecular weight is 460 g/mol. The molecule has 33 heavy (non-hydrogen) atoms. The molecule has 168 valence electrons. The Hall–Kier alpha value is -3.71.